The van der Waals surface area contributed by atoms with Crippen LogP contribution in [0.25, 0.3) is 10.9 Å². The third-order valence-corrected chi connectivity index (χ3v) is 4.99. The fourth-order valence-electron chi connectivity index (χ4n) is 3.08. The number of likely N-dealkylation sites (tertiary alicyclic amines) is 1. The largest absolute Gasteiger partial charge is 0.369 e. The van der Waals surface area contributed by atoms with Gasteiger partial charge in [0.2, 0.25) is 11.8 Å². The Morgan fingerprint density at radius 2 is 1.92 bits per heavy atom. The van der Waals surface area contributed by atoms with Gasteiger partial charge in [-0.1, -0.05) is 15.9 Å². The Bertz CT molecular complexity index is 854. The molecule has 1 aromatic heterocycles. The number of primary amides is 1. The van der Waals surface area contributed by atoms with E-state index in [9.17, 15) is 14.4 Å². The maximum absolute atomic E-state index is 12.5. The van der Waals surface area contributed by atoms with E-state index in [4.69, 9.17) is 5.73 Å². The number of carbonyl (C=O) groups excluding carboxylic acids is 2. The van der Waals surface area contributed by atoms with Crippen LogP contribution in [0.5, 0.6) is 0 Å². The third-order valence-electron chi connectivity index (χ3n) is 4.49. The zero-order valence-electron chi connectivity index (χ0n) is 13.1. The third kappa shape index (κ3) is 3.36. The maximum Gasteiger partial charge on any atom is 0.242 e. The van der Waals surface area contributed by atoms with E-state index in [1.54, 1.807) is 21.7 Å². The molecule has 3 rings (SSSR count). The van der Waals surface area contributed by atoms with Gasteiger partial charge in [0, 0.05) is 41.1 Å². The molecule has 1 fully saturated rings. The van der Waals surface area contributed by atoms with Crippen molar-refractivity contribution in [3.8, 4) is 0 Å². The summed E-state index contributed by atoms with van der Waals surface area (Å²) in [6, 6.07) is 6.91. The Morgan fingerprint density at radius 1 is 1.21 bits per heavy atom. The van der Waals surface area contributed by atoms with Gasteiger partial charge < -0.3 is 15.2 Å². The number of halogens is 1. The molecule has 0 spiro atoms. The van der Waals surface area contributed by atoms with Crippen LogP contribution in [0.4, 0.5) is 0 Å². The highest BCUT2D eigenvalue weighted by Crippen LogP contribution is 2.19. The van der Waals surface area contributed by atoms with Gasteiger partial charge in [-0.3, -0.25) is 14.4 Å². The van der Waals surface area contributed by atoms with Crippen LogP contribution in [-0.2, 0) is 16.1 Å². The first-order chi connectivity index (χ1) is 11.5. The molecule has 7 heteroatoms. The standard InChI is InChI=1S/C17H18BrN3O3/c18-12-1-2-14-13(9-12)15(22)5-8-21(14)10-16(23)20-6-3-11(4-7-20)17(19)24/h1-2,5,8-9,11H,3-4,6-7,10H2,(H2,19,24). The highest BCUT2D eigenvalue weighted by molar-refractivity contribution is 9.10. The lowest BCUT2D eigenvalue weighted by atomic mass is 9.96. The van der Waals surface area contributed by atoms with E-state index in [2.05, 4.69) is 15.9 Å². The van der Waals surface area contributed by atoms with E-state index in [1.807, 2.05) is 12.1 Å². The second kappa shape index (κ2) is 6.76. The number of piperidine rings is 1. The lowest BCUT2D eigenvalue weighted by Crippen LogP contribution is -2.43. The second-order valence-electron chi connectivity index (χ2n) is 6.03. The highest BCUT2D eigenvalue weighted by atomic mass is 79.9. The molecule has 0 bridgehead atoms. The van der Waals surface area contributed by atoms with Crippen molar-refractivity contribution < 1.29 is 9.59 Å². The van der Waals surface area contributed by atoms with Gasteiger partial charge in [-0.15, -0.1) is 0 Å². The van der Waals surface area contributed by atoms with Crippen molar-refractivity contribution in [1.29, 1.82) is 0 Å². The van der Waals surface area contributed by atoms with Gasteiger partial charge >= 0.3 is 0 Å². The molecule has 126 valence electrons. The van der Waals surface area contributed by atoms with Gasteiger partial charge in [-0.2, -0.15) is 0 Å². The fourth-order valence-corrected chi connectivity index (χ4v) is 3.44. The lowest BCUT2D eigenvalue weighted by molar-refractivity contribution is -0.135. The normalized spacial score (nSPS) is 15.6. The number of carbonyl (C=O) groups is 2. The molecule has 1 aliphatic rings. The zero-order chi connectivity index (χ0) is 17.3. The minimum atomic E-state index is -0.293. The molecule has 0 unspecified atom stereocenters. The molecule has 0 aliphatic carbocycles. The van der Waals surface area contributed by atoms with E-state index >= 15 is 0 Å². The van der Waals surface area contributed by atoms with Crippen LogP contribution < -0.4 is 11.2 Å². The molecule has 24 heavy (non-hydrogen) atoms. The quantitative estimate of drug-likeness (QED) is 0.859. The Morgan fingerprint density at radius 3 is 2.58 bits per heavy atom. The van der Waals surface area contributed by atoms with Crippen molar-refractivity contribution in [2.45, 2.75) is 19.4 Å². The van der Waals surface area contributed by atoms with E-state index < -0.39 is 0 Å². The van der Waals surface area contributed by atoms with Gasteiger partial charge in [0.1, 0.15) is 6.54 Å². The maximum atomic E-state index is 12.5. The lowest BCUT2D eigenvalue weighted by Gasteiger charge is -2.31. The Hall–Kier alpha value is -2.15. The number of nitrogens with zero attached hydrogens (tertiary/aromatic N) is 2. The summed E-state index contributed by atoms with van der Waals surface area (Å²) < 4.78 is 2.61. The van der Waals surface area contributed by atoms with Gasteiger partial charge in [0.25, 0.3) is 0 Å². The molecule has 1 saturated heterocycles. The van der Waals surface area contributed by atoms with Crippen molar-refractivity contribution in [2.75, 3.05) is 13.1 Å². The SMILES string of the molecule is NC(=O)C1CCN(C(=O)Cn2ccc(=O)c3cc(Br)ccc32)CC1. The fraction of sp³-hybridized carbons (Fsp3) is 0.353. The Labute approximate surface area is 147 Å². The first kappa shape index (κ1) is 16.7. The summed E-state index contributed by atoms with van der Waals surface area (Å²) in [5.74, 6) is -0.454. The van der Waals surface area contributed by atoms with Crippen molar-refractivity contribution in [1.82, 2.24) is 9.47 Å². The van der Waals surface area contributed by atoms with Crippen LogP contribution >= 0.6 is 15.9 Å². The van der Waals surface area contributed by atoms with E-state index in [0.29, 0.717) is 31.3 Å². The minimum absolute atomic E-state index is 0.0224. The van der Waals surface area contributed by atoms with Crippen LogP contribution in [0.2, 0.25) is 0 Å². The van der Waals surface area contributed by atoms with E-state index in [-0.39, 0.29) is 29.7 Å². The topological polar surface area (TPSA) is 85.4 Å². The predicted molar refractivity (Wildman–Crippen MR) is 94.4 cm³/mol. The van der Waals surface area contributed by atoms with Crippen molar-refractivity contribution >= 4 is 38.6 Å². The first-order valence-electron chi connectivity index (χ1n) is 7.81. The molecular weight excluding hydrogens is 374 g/mol. The van der Waals surface area contributed by atoms with Crippen molar-refractivity contribution in [3.05, 3.63) is 45.2 Å². The number of amides is 2. The number of hydrogen-bond donors (Lipinski definition) is 1. The molecular formula is C17H18BrN3O3. The highest BCUT2D eigenvalue weighted by Gasteiger charge is 2.25. The number of aromatic nitrogens is 1. The van der Waals surface area contributed by atoms with Gasteiger partial charge in [-0.25, -0.2) is 0 Å². The van der Waals surface area contributed by atoms with Crippen LogP contribution in [-0.4, -0.2) is 34.4 Å². The summed E-state index contributed by atoms with van der Waals surface area (Å²) in [4.78, 5) is 37.5. The average Bonchev–Trinajstić information content (AvgIpc) is 2.57. The Kier molecular flexibility index (Phi) is 4.71. The van der Waals surface area contributed by atoms with Crippen LogP contribution in [0.1, 0.15) is 12.8 Å². The average molecular weight is 392 g/mol. The Balaban J connectivity index is 1.78. The monoisotopic (exact) mass is 391 g/mol. The number of pyridine rings is 1. The molecule has 6 nitrogen and oxygen atoms in total. The van der Waals surface area contributed by atoms with Gasteiger partial charge in [-0.05, 0) is 31.0 Å². The molecule has 2 N–H and O–H groups in total. The van der Waals surface area contributed by atoms with Gasteiger partial charge in [0.15, 0.2) is 5.43 Å². The van der Waals surface area contributed by atoms with Crippen molar-refractivity contribution in [2.24, 2.45) is 11.7 Å². The van der Waals surface area contributed by atoms with E-state index in [0.717, 1.165) is 9.99 Å². The minimum Gasteiger partial charge on any atom is -0.369 e. The van der Waals surface area contributed by atoms with Crippen molar-refractivity contribution in [3.63, 3.8) is 0 Å². The summed E-state index contributed by atoms with van der Waals surface area (Å²) in [6.45, 7) is 1.24. The summed E-state index contributed by atoms with van der Waals surface area (Å²) in [7, 11) is 0. The first-order valence-corrected chi connectivity index (χ1v) is 8.61. The summed E-state index contributed by atoms with van der Waals surface area (Å²) in [5.41, 5.74) is 5.98. The molecule has 0 atom stereocenters. The summed E-state index contributed by atoms with van der Waals surface area (Å²) in [5, 5.41) is 0.576. The second-order valence-corrected chi connectivity index (χ2v) is 6.94. The molecule has 1 aromatic carbocycles. The summed E-state index contributed by atoms with van der Waals surface area (Å²) in [6.07, 6.45) is 2.87. The zero-order valence-corrected chi connectivity index (χ0v) is 14.7. The van der Waals surface area contributed by atoms with Crippen LogP contribution in [0.15, 0.2) is 39.7 Å². The number of fused-ring (bicyclic) bond motifs is 1. The van der Waals surface area contributed by atoms with Crippen LogP contribution in [0, 0.1) is 5.92 Å². The molecule has 1 aliphatic heterocycles. The molecule has 0 radical (unpaired) electrons. The predicted octanol–water partition coefficient (Wildman–Crippen LogP) is 1.49. The van der Waals surface area contributed by atoms with E-state index in [1.165, 1.54) is 6.07 Å². The number of hydrogen-bond acceptors (Lipinski definition) is 3. The van der Waals surface area contributed by atoms with Crippen LogP contribution in [0.3, 0.4) is 0 Å². The molecule has 2 heterocycles. The number of rotatable bonds is 3. The number of benzene rings is 1. The smallest absolute Gasteiger partial charge is 0.242 e. The van der Waals surface area contributed by atoms with Gasteiger partial charge in [0.05, 0.1) is 5.52 Å². The molecule has 2 aromatic rings. The molecule has 2 amide bonds. The summed E-state index contributed by atoms with van der Waals surface area (Å²) >= 11 is 3.36. The molecule has 0 saturated carbocycles. The number of nitrogens with two attached hydrogens (primary N) is 1.